The van der Waals surface area contributed by atoms with E-state index in [0.29, 0.717) is 24.4 Å². The molecule has 1 saturated heterocycles. The van der Waals surface area contributed by atoms with E-state index in [9.17, 15) is 9.59 Å². The van der Waals surface area contributed by atoms with Crippen molar-refractivity contribution in [3.8, 4) is 0 Å². The molecular formula is C19H25N3O3S. The maximum atomic E-state index is 12.7. The Hall–Kier alpha value is -1.99. The van der Waals surface area contributed by atoms with Crippen LogP contribution in [0.4, 0.5) is 0 Å². The van der Waals surface area contributed by atoms with Gasteiger partial charge in [-0.25, -0.2) is 4.98 Å². The van der Waals surface area contributed by atoms with Crippen molar-refractivity contribution in [2.24, 2.45) is 0 Å². The molecule has 140 valence electrons. The second-order valence-corrected chi connectivity index (χ2v) is 7.61. The summed E-state index contributed by atoms with van der Waals surface area (Å²) in [6.07, 6.45) is 6.18. The fraction of sp³-hybridized carbons (Fsp3) is 0.526. The number of carbonyl (C=O) groups excluding carboxylic acids is 2. The number of carbonyl (C=O) groups is 2. The molecule has 0 radical (unpaired) electrons. The van der Waals surface area contributed by atoms with Crippen LogP contribution >= 0.6 is 11.3 Å². The first kappa shape index (κ1) is 18.8. The number of hydrogen-bond acceptors (Lipinski definition) is 5. The summed E-state index contributed by atoms with van der Waals surface area (Å²) >= 11 is 1.41. The highest BCUT2D eigenvalue weighted by atomic mass is 32.1. The highest BCUT2D eigenvalue weighted by Gasteiger charge is 2.27. The standard InChI is InChI=1S/C19H25N3O3S/c1-14(23)17-10-15(13-26-17)11-18(24)22-6-3-4-16(12-22)19-20-5-7-21(19)8-9-25-2/h5,7,10,13,16H,3-4,6,8-9,11-12H2,1-2H3. The number of aromatic nitrogens is 2. The molecule has 0 aromatic carbocycles. The van der Waals surface area contributed by atoms with Crippen LogP contribution in [-0.4, -0.2) is 52.9 Å². The van der Waals surface area contributed by atoms with E-state index in [1.807, 2.05) is 28.7 Å². The number of Topliss-reactive ketones (excluding diaryl/α,β-unsaturated/α-hetero) is 1. The van der Waals surface area contributed by atoms with Crippen LogP contribution in [0.2, 0.25) is 0 Å². The predicted molar refractivity (Wildman–Crippen MR) is 101 cm³/mol. The van der Waals surface area contributed by atoms with Gasteiger partial charge in [-0.1, -0.05) is 0 Å². The Balaban J connectivity index is 1.63. The molecule has 1 unspecified atom stereocenters. The minimum Gasteiger partial charge on any atom is -0.383 e. The summed E-state index contributed by atoms with van der Waals surface area (Å²) in [5.74, 6) is 1.47. The van der Waals surface area contributed by atoms with Gasteiger partial charge in [-0.15, -0.1) is 11.3 Å². The van der Waals surface area contributed by atoms with Crippen molar-refractivity contribution in [1.82, 2.24) is 14.5 Å². The van der Waals surface area contributed by atoms with Crippen LogP contribution in [0.5, 0.6) is 0 Å². The number of piperidine rings is 1. The lowest BCUT2D eigenvalue weighted by Gasteiger charge is -2.32. The largest absolute Gasteiger partial charge is 0.383 e. The van der Waals surface area contributed by atoms with Crippen molar-refractivity contribution in [3.63, 3.8) is 0 Å². The summed E-state index contributed by atoms with van der Waals surface area (Å²) < 4.78 is 7.29. The van der Waals surface area contributed by atoms with Crippen LogP contribution in [0.3, 0.4) is 0 Å². The third kappa shape index (κ3) is 4.40. The molecule has 3 rings (SSSR count). The molecule has 0 bridgehead atoms. The lowest BCUT2D eigenvalue weighted by molar-refractivity contribution is -0.131. The molecule has 2 aromatic rings. The molecule has 0 N–H and O–H groups in total. The second-order valence-electron chi connectivity index (χ2n) is 6.70. The third-order valence-corrected chi connectivity index (χ3v) is 5.86. The first-order valence-corrected chi connectivity index (χ1v) is 9.82. The summed E-state index contributed by atoms with van der Waals surface area (Å²) in [7, 11) is 1.69. The smallest absolute Gasteiger partial charge is 0.227 e. The highest BCUT2D eigenvalue weighted by Crippen LogP contribution is 2.26. The van der Waals surface area contributed by atoms with Crippen LogP contribution in [0, 0.1) is 0 Å². The minimum absolute atomic E-state index is 0.0506. The lowest BCUT2D eigenvalue weighted by atomic mass is 9.96. The van der Waals surface area contributed by atoms with Crippen molar-refractivity contribution in [2.45, 2.75) is 38.6 Å². The zero-order valence-corrected chi connectivity index (χ0v) is 16.1. The first-order valence-electron chi connectivity index (χ1n) is 8.94. The molecule has 1 atom stereocenters. The summed E-state index contributed by atoms with van der Waals surface area (Å²) in [4.78, 5) is 31.3. The molecule has 0 saturated carbocycles. The van der Waals surface area contributed by atoms with Gasteiger partial charge in [0.1, 0.15) is 5.82 Å². The molecular weight excluding hydrogens is 350 g/mol. The minimum atomic E-state index is 0.0506. The highest BCUT2D eigenvalue weighted by molar-refractivity contribution is 7.12. The summed E-state index contributed by atoms with van der Waals surface area (Å²) in [6.45, 7) is 4.47. The Morgan fingerprint density at radius 2 is 2.27 bits per heavy atom. The number of nitrogens with zero attached hydrogens (tertiary/aromatic N) is 3. The van der Waals surface area contributed by atoms with Gasteiger partial charge in [0.05, 0.1) is 17.9 Å². The molecule has 6 nitrogen and oxygen atoms in total. The third-order valence-electron chi connectivity index (χ3n) is 4.78. The fourth-order valence-corrected chi connectivity index (χ4v) is 4.23. The van der Waals surface area contributed by atoms with Gasteiger partial charge >= 0.3 is 0 Å². The van der Waals surface area contributed by atoms with Gasteiger partial charge in [-0.3, -0.25) is 9.59 Å². The number of rotatable bonds is 7. The van der Waals surface area contributed by atoms with Crippen molar-refractivity contribution < 1.29 is 14.3 Å². The number of likely N-dealkylation sites (tertiary alicyclic amines) is 1. The molecule has 26 heavy (non-hydrogen) atoms. The van der Waals surface area contributed by atoms with E-state index < -0.39 is 0 Å². The SMILES string of the molecule is COCCn1ccnc1C1CCCN(C(=O)Cc2csc(C(C)=O)c2)C1. The van der Waals surface area contributed by atoms with Crippen molar-refractivity contribution >= 4 is 23.0 Å². The van der Waals surface area contributed by atoms with E-state index in [4.69, 9.17) is 4.74 Å². The molecule has 1 fully saturated rings. The average molecular weight is 375 g/mol. The summed E-state index contributed by atoms with van der Waals surface area (Å²) in [6, 6.07) is 1.84. The summed E-state index contributed by atoms with van der Waals surface area (Å²) in [5, 5.41) is 1.91. The van der Waals surface area contributed by atoms with E-state index in [-0.39, 0.29) is 17.6 Å². The van der Waals surface area contributed by atoms with Gasteiger partial charge in [0.15, 0.2) is 5.78 Å². The number of ketones is 1. The maximum Gasteiger partial charge on any atom is 0.227 e. The summed E-state index contributed by atoms with van der Waals surface area (Å²) in [5.41, 5.74) is 0.925. The average Bonchev–Trinajstić information content (AvgIpc) is 3.29. The first-order chi connectivity index (χ1) is 12.6. The number of thiophene rings is 1. The number of ether oxygens (including phenoxy) is 1. The molecule has 2 aromatic heterocycles. The Morgan fingerprint density at radius 1 is 1.42 bits per heavy atom. The topological polar surface area (TPSA) is 64.4 Å². The fourth-order valence-electron chi connectivity index (χ4n) is 3.41. The number of amides is 1. The van der Waals surface area contributed by atoms with Gasteiger partial charge < -0.3 is 14.2 Å². The van der Waals surface area contributed by atoms with E-state index in [1.165, 1.54) is 11.3 Å². The molecule has 1 aliphatic rings. The number of imidazole rings is 1. The molecule has 1 aliphatic heterocycles. The van der Waals surface area contributed by atoms with Crippen molar-refractivity contribution in [1.29, 1.82) is 0 Å². The van der Waals surface area contributed by atoms with Crippen LogP contribution in [-0.2, 0) is 22.5 Å². The number of hydrogen-bond donors (Lipinski definition) is 0. The zero-order valence-electron chi connectivity index (χ0n) is 15.3. The van der Waals surface area contributed by atoms with Gasteiger partial charge in [0.2, 0.25) is 5.91 Å². The maximum absolute atomic E-state index is 12.7. The van der Waals surface area contributed by atoms with Crippen LogP contribution in [0.15, 0.2) is 23.8 Å². The van der Waals surface area contributed by atoms with E-state index >= 15 is 0 Å². The Morgan fingerprint density at radius 3 is 3.00 bits per heavy atom. The van der Waals surface area contributed by atoms with Gasteiger partial charge in [0, 0.05) is 45.1 Å². The Labute approximate surface area is 157 Å². The van der Waals surface area contributed by atoms with Crippen molar-refractivity contribution in [3.05, 3.63) is 40.1 Å². The van der Waals surface area contributed by atoms with Gasteiger partial charge in [-0.05, 0) is 36.8 Å². The van der Waals surface area contributed by atoms with Crippen LogP contribution in [0.25, 0.3) is 0 Å². The normalized spacial score (nSPS) is 17.5. The Bertz CT molecular complexity index is 768. The lowest BCUT2D eigenvalue weighted by Crippen LogP contribution is -2.40. The van der Waals surface area contributed by atoms with Crippen LogP contribution in [0.1, 0.15) is 46.7 Å². The molecule has 0 spiro atoms. The van der Waals surface area contributed by atoms with Gasteiger partial charge in [0.25, 0.3) is 0 Å². The van der Waals surface area contributed by atoms with Crippen LogP contribution < -0.4 is 0 Å². The Kier molecular flexibility index (Phi) is 6.21. The molecule has 1 amide bonds. The van der Waals surface area contributed by atoms with E-state index in [0.717, 1.165) is 37.3 Å². The molecule has 3 heterocycles. The zero-order chi connectivity index (χ0) is 18.5. The second kappa shape index (κ2) is 8.60. The van der Waals surface area contributed by atoms with E-state index in [1.54, 1.807) is 14.0 Å². The predicted octanol–water partition coefficient (Wildman–Crippen LogP) is 2.74. The monoisotopic (exact) mass is 375 g/mol. The van der Waals surface area contributed by atoms with Gasteiger partial charge in [-0.2, -0.15) is 0 Å². The quantitative estimate of drug-likeness (QED) is 0.698. The number of methoxy groups -OCH3 is 1. The molecule has 7 heteroatoms. The molecule has 0 aliphatic carbocycles. The van der Waals surface area contributed by atoms with Crippen molar-refractivity contribution in [2.75, 3.05) is 26.8 Å². The van der Waals surface area contributed by atoms with E-state index in [2.05, 4.69) is 9.55 Å².